The van der Waals surface area contributed by atoms with E-state index in [2.05, 4.69) is 40.3 Å². The summed E-state index contributed by atoms with van der Waals surface area (Å²) in [6.45, 7) is 4.23. The maximum absolute atomic E-state index is 13.1. The van der Waals surface area contributed by atoms with Crippen molar-refractivity contribution in [3.05, 3.63) is 53.6 Å². The minimum absolute atomic E-state index is 0.0648. The van der Waals surface area contributed by atoms with Gasteiger partial charge in [-0.1, -0.05) is 49.0 Å². The van der Waals surface area contributed by atoms with Crippen molar-refractivity contribution in [3.63, 3.8) is 0 Å². The molecule has 1 fully saturated rings. The zero-order chi connectivity index (χ0) is 22.6. The normalized spacial score (nSPS) is 17.7. The van der Waals surface area contributed by atoms with Crippen LogP contribution in [0, 0.1) is 0 Å². The first-order chi connectivity index (χ1) is 16.2. The van der Waals surface area contributed by atoms with Crippen molar-refractivity contribution >= 4 is 17.7 Å². The molecule has 2 aliphatic heterocycles. The van der Waals surface area contributed by atoms with Crippen molar-refractivity contribution in [2.45, 2.75) is 43.8 Å². The molecule has 3 aromatic rings. The standard InChI is InChI=1S/C25H28N4O3S/c1-2-17-6-8-18(9-7-17)24-26-25(28-27-24)33-16-23(30)29-12-3-5-20(29)19-10-11-21-22(15-19)32-14-4-13-31-21/h6-11,15,20H,2-5,12-14,16H2,1H3,(H,26,27,28)/t20-/m0/s1. The second-order valence-electron chi connectivity index (χ2n) is 8.31. The molecule has 172 valence electrons. The first-order valence-electron chi connectivity index (χ1n) is 11.5. The minimum Gasteiger partial charge on any atom is -0.490 e. The molecular formula is C25H28N4O3S. The molecule has 0 radical (unpaired) electrons. The van der Waals surface area contributed by atoms with Crippen molar-refractivity contribution in [1.82, 2.24) is 20.1 Å². The van der Waals surface area contributed by atoms with Crippen molar-refractivity contribution < 1.29 is 14.3 Å². The zero-order valence-electron chi connectivity index (χ0n) is 18.8. The average molecular weight is 465 g/mol. The van der Waals surface area contributed by atoms with Crippen LogP contribution in [-0.4, -0.2) is 51.5 Å². The highest BCUT2D eigenvalue weighted by Gasteiger charge is 2.31. The van der Waals surface area contributed by atoms with Crippen LogP contribution in [0.5, 0.6) is 11.5 Å². The quantitative estimate of drug-likeness (QED) is 0.535. The Kier molecular flexibility index (Phi) is 6.53. The maximum Gasteiger partial charge on any atom is 0.233 e. The van der Waals surface area contributed by atoms with Gasteiger partial charge in [0.1, 0.15) is 0 Å². The highest BCUT2D eigenvalue weighted by atomic mass is 32.2. The Hall–Kier alpha value is -3.00. The Labute approximate surface area is 197 Å². The lowest BCUT2D eigenvalue weighted by Gasteiger charge is -2.25. The molecule has 5 rings (SSSR count). The molecule has 0 unspecified atom stereocenters. The summed E-state index contributed by atoms with van der Waals surface area (Å²) < 4.78 is 11.6. The number of aromatic amines is 1. The molecule has 0 spiro atoms. The number of likely N-dealkylation sites (tertiary alicyclic amines) is 1. The molecule has 0 bridgehead atoms. The van der Waals surface area contributed by atoms with E-state index < -0.39 is 0 Å². The van der Waals surface area contributed by atoms with Crippen LogP contribution in [0.2, 0.25) is 0 Å². The van der Waals surface area contributed by atoms with Gasteiger partial charge >= 0.3 is 0 Å². The van der Waals surface area contributed by atoms with E-state index in [1.54, 1.807) is 0 Å². The Balaban J connectivity index is 1.23. The van der Waals surface area contributed by atoms with Crippen molar-refractivity contribution in [2.75, 3.05) is 25.5 Å². The predicted molar refractivity (Wildman–Crippen MR) is 128 cm³/mol. The number of hydrogen-bond donors (Lipinski definition) is 1. The molecule has 1 aromatic heterocycles. The number of ether oxygens (including phenoxy) is 2. The summed E-state index contributed by atoms with van der Waals surface area (Å²) in [5, 5.41) is 7.87. The Morgan fingerprint density at radius 2 is 1.94 bits per heavy atom. The SMILES string of the molecule is CCc1ccc(-c2nc(SCC(=O)N3CCC[C@H]3c3ccc4c(c3)OCCCO4)n[nH]2)cc1. The van der Waals surface area contributed by atoms with Crippen molar-refractivity contribution in [2.24, 2.45) is 0 Å². The second kappa shape index (κ2) is 9.87. The van der Waals surface area contributed by atoms with Crippen LogP contribution in [0.15, 0.2) is 47.6 Å². The summed E-state index contributed by atoms with van der Waals surface area (Å²) >= 11 is 1.37. The summed E-state index contributed by atoms with van der Waals surface area (Å²) in [7, 11) is 0. The maximum atomic E-state index is 13.1. The van der Waals surface area contributed by atoms with Crippen LogP contribution < -0.4 is 9.47 Å². The summed E-state index contributed by atoms with van der Waals surface area (Å²) in [5.74, 6) is 2.70. The number of carbonyl (C=O) groups excluding carboxylic acids is 1. The van der Waals surface area contributed by atoms with E-state index in [-0.39, 0.29) is 11.9 Å². The van der Waals surface area contributed by atoms with E-state index >= 15 is 0 Å². The van der Waals surface area contributed by atoms with Gasteiger partial charge in [0.15, 0.2) is 17.3 Å². The molecule has 1 amide bonds. The topological polar surface area (TPSA) is 80.3 Å². The number of nitrogens with one attached hydrogen (secondary N) is 1. The van der Waals surface area contributed by atoms with Gasteiger partial charge in [0.05, 0.1) is 25.0 Å². The van der Waals surface area contributed by atoms with E-state index in [9.17, 15) is 4.79 Å². The molecule has 1 atom stereocenters. The van der Waals surface area contributed by atoms with Gasteiger partial charge in [0.2, 0.25) is 11.1 Å². The van der Waals surface area contributed by atoms with E-state index in [1.165, 1.54) is 17.3 Å². The molecule has 1 saturated heterocycles. The monoisotopic (exact) mass is 464 g/mol. The average Bonchev–Trinajstić information content (AvgIpc) is 3.48. The molecule has 8 heteroatoms. The molecule has 2 aliphatic rings. The van der Waals surface area contributed by atoms with Gasteiger partial charge in [-0.3, -0.25) is 9.89 Å². The number of fused-ring (bicyclic) bond motifs is 1. The number of aryl methyl sites for hydroxylation is 1. The Bertz CT molecular complexity index is 1120. The van der Waals surface area contributed by atoms with Crippen molar-refractivity contribution in [3.8, 4) is 22.9 Å². The van der Waals surface area contributed by atoms with Crippen LogP contribution in [0.1, 0.15) is 43.4 Å². The van der Waals surface area contributed by atoms with Gasteiger partial charge in [-0.15, -0.1) is 5.10 Å². The summed E-state index contributed by atoms with van der Waals surface area (Å²) in [6, 6.07) is 14.4. The third-order valence-corrected chi connectivity index (χ3v) is 6.99. The van der Waals surface area contributed by atoms with E-state index in [0.29, 0.717) is 24.1 Å². The molecule has 2 aromatic carbocycles. The van der Waals surface area contributed by atoms with E-state index in [0.717, 1.165) is 60.7 Å². The molecule has 33 heavy (non-hydrogen) atoms. The van der Waals surface area contributed by atoms with Crippen LogP contribution >= 0.6 is 11.8 Å². The molecule has 0 aliphatic carbocycles. The smallest absolute Gasteiger partial charge is 0.233 e. The van der Waals surface area contributed by atoms with Gasteiger partial charge in [0, 0.05) is 18.5 Å². The van der Waals surface area contributed by atoms with Gasteiger partial charge in [-0.05, 0) is 42.5 Å². The van der Waals surface area contributed by atoms with Gasteiger partial charge in [-0.25, -0.2) is 4.98 Å². The van der Waals surface area contributed by atoms with E-state index in [4.69, 9.17) is 9.47 Å². The molecular weight excluding hydrogens is 436 g/mol. The largest absolute Gasteiger partial charge is 0.490 e. The van der Waals surface area contributed by atoms with Gasteiger partial charge < -0.3 is 14.4 Å². The number of rotatable bonds is 6. The predicted octanol–water partition coefficient (Wildman–Crippen LogP) is 4.65. The van der Waals surface area contributed by atoms with Gasteiger partial charge in [0.25, 0.3) is 0 Å². The lowest BCUT2D eigenvalue weighted by Crippen LogP contribution is -2.32. The zero-order valence-corrected chi connectivity index (χ0v) is 19.6. The molecule has 7 nitrogen and oxygen atoms in total. The molecule has 3 heterocycles. The van der Waals surface area contributed by atoms with Gasteiger partial charge in [-0.2, -0.15) is 0 Å². The van der Waals surface area contributed by atoms with Crippen LogP contribution in [0.25, 0.3) is 11.4 Å². The van der Waals surface area contributed by atoms with Crippen LogP contribution in [0.3, 0.4) is 0 Å². The summed E-state index contributed by atoms with van der Waals surface area (Å²) in [4.78, 5) is 19.6. The third-order valence-electron chi connectivity index (χ3n) is 6.15. The lowest BCUT2D eigenvalue weighted by atomic mass is 10.0. The van der Waals surface area contributed by atoms with Crippen LogP contribution in [-0.2, 0) is 11.2 Å². The number of benzene rings is 2. The molecule has 0 saturated carbocycles. The highest BCUT2D eigenvalue weighted by Crippen LogP contribution is 2.38. The number of nitrogens with zero attached hydrogens (tertiary/aromatic N) is 3. The highest BCUT2D eigenvalue weighted by molar-refractivity contribution is 7.99. The first kappa shape index (κ1) is 21.8. The number of amides is 1. The summed E-state index contributed by atoms with van der Waals surface area (Å²) in [6.07, 6.45) is 3.83. The van der Waals surface area contributed by atoms with E-state index in [1.807, 2.05) is 29.2 Å². The Morgan fingerprint density at radius 1 is 1.12 bits per heavy atom. The number of aromatic nitrogens is 3. The number of thioether (sulfide) groups is 1. The first-order valence-corrected chi connectivity index (χ1v) is 12.5. The fourth-order valence-corrected chi connectivity index (χ4v) is 5.03. The third kappa shape index (κ3) is 4.85. The molecule has 1 N–H and O–H groups in total. The fraction of sp³-hybridized carbons (Fsp3) is 0.400. The van der Waals surface area contributed by atoms with Crippen LogP contribution in [0.4, 0.5) is 0 Å². The number of carbonyl (C=O) groups is 1. The second-order valence-corrected chi connectivity index (χ2v) is 9.25. The minimum atomic E-state index is 0.0648. The van der Waals surface area contributed by atoms with Crippen molar-refractivity contribution in [1.29, 1.82) is 0 Å². The number of hydrogen-bond acceptors (Lipinski definition) is 6. The lowest BCUT2D eigenvalue weighted by molar-refractivity contribution is -0.129. The summed E-state index contributed by atoms with van der Waals surface area (Å²) in [5.41, 5.74) is 3.38. The Morgan fingerprint density at radius 3 is 2.76 bits per heavy atom. The fourth-order valence-electron chi connectivity index (χ4n) is 4.35. The number of H-pyrrole nitrogens is 1.